The van der Waals surface area contributed by atoms with Gasteiger partial charge in [-0.1, -0.05) is 55.0 Å². The zero-order valence-corrected chi connectivity index (χ0v) is 24.1. The summed E-state index contributed by atoms with van der Waals surface area (Å²) in [4.78, 5) is 42.2. The number of hydrogen-bond acceptors (Lipinski definition) is 6. The third-order valence-electron chi connectivity index (χ3n) is 9.37. The molecule has 3 N–H and O–H groups in total. The summed E-state index contributed by atoms with van der Waals surface area (Å²) < 4.78 is 38.4. The summed E-state index contributed by atoms with van der Waals surface area (Å²) >= 11 is 0. The minimum atomic E-state index is -4.17. The van der Waals surface area contributed by atoms with E-state index in [-0.39, 0.29) is 30.7 Å². The lowest BCUT2D eigenvalue weighted by Crippen LogP contribution is -2.55. The Balaban J connectivity index is 1.34. The monoisotopic (exact) mass is 595 g/mol. The van der Waals surface area contributed by atoms with E-state index in [0.29, 0.717) is 30.5 Å². The number of amides is 3. The number of nitrogens with zero attached hydrogens (tertiary/aromatic N) is 1. The second-order valence-corrected chi connectivity index (χ2v) is 13.9. The predicted octanol–water partition coefficient (Wildman–Crippen LogP) is 2.40. The summed E-state index contributed by atoms with van der Waals surface area (Å²) in [5, 5.41) is 16.3. The second-order valence-electron chi connectivity index (χ2n) is 11.9. The van der Waals surface area contributed by atoms with Crippen LogP contribution < -0.4 is 10.6 Å². The molecule has 2 aliphatic carbocycles. The van der Waals surface area contributed by atoms with Crippen LogP contribution in [0.25, 0.3) is 11.1 Å². The first kappa shape index (κ1) is 28.5. The molecule has 2 aromatic carbocycles. The predicted molar refractivity (Wildman–Crippen MR) is 153 cm³/mol. The number of hydrogen-bond donors (Lipinski definition) is 3. The minimum Gasteiger partial charge on any atom is -0.372 e. The molecule has 9 nitrogen and oxygen atoms in total. The van der Waals surface area contributed by atoms with Crippen LogP contribution in [0.15, 0.2) is 59.8 Å². The van der Waals surface area contributed by atoms with Gasteiger partial charge in [-0.3, -0.25) is 14.4 Å². The quantitative estimate of drug-likeness (QED) is 0.451. The molecule has 0 unspecified atom stereocenters. The molecule has 42 heavy (non-hydrogen) atoms. The molecule has 0 spiro atoms. The molecule has 2 heterocycles. The Morgan fingerprint density at radius 1 is 1.12 bits per heavy atom. The highest BCUT2D eigenvalue weighted by molar-refractivity contribution is 7.94. The van der Waals surface area contributed by atoms with Gasteiger partial charge >= 0.3 is 0 Å². The molecule has 5 atom stereocenters. The van der Waals surface area contributed by atoms with Crippen LogP contribution in [-0.4, -0.2) is 67.6 Å². The molecule has 2 saturated heterocycles. The highest BCUT2D eigenvalue weighted by Crippen LogP contribution is 2.50. The van der Waals surface area contributed by atoms with E-state index in [1.54, 1.807) is 24.3 Å². The van der Waals surface area contributed by atoms with E-state index in [4.69, 9.17) is 0 Å². The van der Waals surface area contributed by atoms with Crippen LogP contribution >= 0.6 is 0 Å². The Kier molecular flexibility index (Phi) is 7.21. The van der Waals surface area contributed by atoms with Gasteiger partial charge in [-0.2, -0.15) is 4.39 Å². The topological polar surface area (TPSA) is 133 Å². The van der Waals surface area contributed by atoms with Crippen molar-refractivity contribution in [1.82, 2.24) is 15.5 Å². The number of halogens is 1. The first-order valence-corrected chi connectivity index (χ1v) is 16.3. The molecule has 3 amide bonds. The Morgan fingerprint density at radius 3 is 2.36 bits per heavy atom. The SMILES string of the molecule is CS(=O)(=O)/C(F)=C\[C@@H](C[C@@H]1CCNC1=O)NC(=O)[C@@H]1[C@H]2CCC[C@H]2CN1C(=O)C1(O)c2ccccc2-c2ccccc21. The first-order valence-electron chi connectivity index (χ1n) is 14.4. The van der Waals surface area contributed by atoms with Gasteiger partial charge in [-0.15, -0.1) is 0 Å². The van der Waals surface area contributed by atoms with Gasteiger partial charge in [0.25, 0.3) is 5.91 Å². The van der Waals surface area contributed by atoms with Crippen molar-refractivity contribution < 1.29 is 32.3 Å². The Morgan fingerprint density at radius 2 is 1.76 bits per heavy atom. The molecule has 6 rings (SSSR count). The number of rotatable bonds is 7. The molecule has 11 heteroatoms. The Labute approximate surface area is 244 Å². The molecule has 1 saturated carbocycles. The standard InChI is InChI=1S/C31H34FN3O6S/c1-42(40,41)26(32)16-20(15-18-13-14-33-28(18)36)34-29(37)27-21-10-6-7-19(21)17-35(27)30(38)31(39)24-11-4-2-8-22(24)23-9-3-5-12-25(23)31/h2-5,8-9,11-12,16,18-21,27,39H,6-7,10,13-15,17H2,1H3,(H,33,36)(H,34,37)/b26-16-/t18-,19-,20+,21-,27-/m0/s1. The van der Waals surface area contributed by atoms with Gasteiger partial charge in [0.15, 0.2) is 5.60 Å². The normalized spacial score (nSPS) is 26.8. The summed E-state index contributed by atoms with van der Waals surface area (Å²) in [5.74, 6) is -2.02. The van der Waals surface area contributed by atoms with Crippen molar-refractivity contribution in [2.45, 2.75) is 49.8 Å². The highest BCUT2D eigenvalue weighted by Gasteiger charge is 2.56. The van der Waals surface area contributed by atoms with Gasteiger partial charge in [-0.05, 0) is 54.7 Å². The maximum atomic E-state index is 14.6. The highest BCUT2D eigenvalue weighted by atomic mass is 32.2. The van der Waals surface area contributed by atoms with E-state index >= 15 is 0 Å². The van der Waals surface area contributed by atoms with Crippen molar-refractivity contribution in [1.29, 1.82) is 0 Å². The van der Waals surface area contributed by atoms with E-state index < -0.39 is 50.4 Å². The van der Waals surface area contributed by atoms with Gasteiger partial charge in [-0.25, -0.2) is 8.42 Å². The first-order chi connectivity index (χ1) is 20.0. The van der Waals surface area contributed by atoms with E-state index in [1.165, 1.54) is 4.90 Å². The lowest BCUT2D eigenvalue weighted by atomic mass is 9.88. The number of nitrogens with one attached hydrogen (secondary N) is 2. The lowest BCUT2D eigenvalue weighted by Gasteiger charge is -2.34. The molecule has 0 bridgehead atoms. The molecule has 0 radical (unpaired) electrons. The average Bonchev–Trinajstić information content (AvgIpc) is 3.72. The summed E-state index contributed by atoms with van der Waals surface area (Å²) in [7, 11) is -4.17. The number of benzene rings is 2. The molecule has 222 valence electrons. The lowest BCUT2D eigenvalue weighted by molar-refractivity contribution is -0.152. The number of sulfone groups is 1. The summed E-state index contributed by atoms with van der Waals surface area (Å²) in [6.45, 7) is 0.732. The van der Waals surface area contributed by atoms with Crippen LogP contribution in [0.5, 0.6) is 0 Å². The fourth-order valence-corrected chi connectivity index (χ4v) is 7.81. The van der Waals surface area contributed by atoms with Gasteiger partial charge in [0.1, 0.15) is 6.04 Å². The maximum Gasteiger partial charge on any atom is 0.264 e. The Bertz CT molecular complexity index is 1540. The van der Waals surface area contributed by atoms with Crippen molar-refractivity contribution in [2.75, 3.05) is 19.3 Å². The summed E-state index contributed by atoms with van der Waals surface area (Å²) in [5.41, 5.74) is 0.418. The average molecular weight is 596 g/mol. The zero-order chi connectivity index (χ0) is 29.8. The van der Waals surface area contributed by atoms with Crippen molar-refractivity contribution in [3.63, 3.8) is 0 Å². The molecule has 3 fully saturated rings. The Hall–Kier alpha value is -3.57. The van der Waals surface area contributed by atoms with Crippen LogP contribution in [0.4, 0.5) is 4.39 Å². The van der Waals surface area contributed by atoms with Crippen LogP contribution in [0.2, 0.25) is 0 Å². The van der Waals surface area contributed by atoms with E-state index in [1.807, 2.05) is 24.3 Å². The third kappa shape index (κ3) is 4.72. The molecule has 4 aliphatic rings. The third-order valence-corrected chi connectivity index (χ3v) is 10.2. The van der Waals surface area contributed by atoms with Crippen molar-refractivity contribution in [2.24, 2.45) is 17.8 Å². The van der Waals surface area contributed by atoms with E-state index in [2.05, 4.69) is 10.6 Å². The zero-order valence-electron chi connectivity index (χ0n) is 23.3. The second kappa shape index (κ2) is 10.6. The van der Waals surface area contributed by atoms with Gasteiger partial charge in [0.05, 0.1) is 6.04 Å². The number of fused-ring (bicyclic) bond motifs is 4. The van der Waals surface area contributed by atoms with Crippen molar-refractivity contribution >= 4 is 27.6 Å². The van der Waals surface area contributed by atoms with Crippen LogP contribution in [0.1, 0.15) is 43.2 Å². The van der Waals surface area contributed by atoms with Crippen molar-refractivity contribution in [3.05, 3.63) is 70.9 Å². The number of likely N-dealkylation sites (tertiary alicyclic amines) is 1. The summed E-state index contributed by atoms with van der Waals surface area (Å²) in [6.07, 6.45) is 4.50. The van der Waals surface area contributed by atoms with Gasteiger partial charge < -0.3 is 20.6 Å². The molecular weight excluding hydrogens is 561 g/mol. The van der Waals surface area contributed by atoms with E-state index in [0.717, 1.165) is 36.3 Å². The van der Waals surface area contributed by atoms with E-state index in [9.17, 15) is 32.3 Å². The van der Waals surface area contributed by atoms with Crippen molar-refractivity contribution in [3.8, 4) is 11.1 Å². The molecular formula is C31H34FN3O6S. The molecule has 2 aliphatic heterocycles. The van der Waals surface area contributed by atoms with Crippen LogP contribution in [0, 0.1) is 17.8 Å². The number of aliphatic hydroxyl groups is 1. The molecule has 2 aromatic rings. The van der Waals surface area contributed by atoms with Gasteiger partial charge in [0, 0.05) is 36.4 Å². The van der Waals surface area contributed by atoms with Gasteiger partial charge in [0.2, 0.25) is 26.8 Å². The van der Waals surface area contributed by atoms with Crippen LogP contribution in [-0.2, 0) is 29.8 Å². The fourth-order valence-electron chi connectivity index (χ4n) is 7.40. The van der Waals surface area contributed by atoms with Crippen LogP contribution in [0.3, 0.4) is 0 Å². The maximum absolute atomic E-state index is 14.6. The largest absolute Gasteiger partial charge is 0.372 e. The fraction of sp³-hybridized carbons (Fsp3) is 0.452. The minimum absolute atomic E-state index is 0.0139. The number of carbonyl (C=O) groups excluding carboxylic acids is 3. The molecule has 0 aromatic heterocycles. The smallest absolute Gasteiger partial charge is 0.264 e. The number of carbonyl (C=O) groups is 3. The summed E-state index contributed by atoms with van der Waals surface area (Å²) in [6, 6.07) is 12.3.